The fourth-order valence-electron chi connectivity index (χ4n) is 2.58. The monoisotopic (exact) mass is 308 g/mol. The van der Waals surface area contributed by atoms with Gasteiger partial charge in [0, 0.05) is 19.6 Å². The van der Waals surface area contributed by atoms with E-state index in [1.807, 2.05) is 19.2 Å². The van der Waals surface area contributed by atoms with E-state index in [4.69, 9.17) is 0 Å². The van der Waals surface area contributed by atoms with Crippen molar-refractivity contribution in [1.29, 1.82) is 0 Å². The second-order valence-electron chi connectivity index (χ2n) is 6.38. The van der Waals surface area contributed by atoms with E-state index in [0.717, 1.165) is 12.1 Å². The summed E-state index contributed by atoms with van der Waals surface area (Å²) in [7, 11) is -1.44. The van der Waals surface area contributed by atoms with Gasteiger partial charge in [-0.05, 0) is 62.3 Å². The van der Waals surface area contributed by atoms with E-state index in [1.54, 1.807) is 16.4 Å². The van der Waals surface area contributed by atoms with Crippen LogP contribution >= 0.6 is 0 Å². The van der Waals surface area contributed by atoms with Gasteiger partial charge in [0.15, 0.2) is 0 Å². The molecule has 0 spiro atoms. The van der Waals surface area contributed by atoms with Crippen molar-refractivity contribution in [2.75, 3.05) is 20.1 Å². The first-order chi connectivity index (χ1) is 10.1. The molecule has 0 heterocycles. The van der Waals surface area contributed by atoms with E-state index in [2.05, 4.69) is 5.32 Å². The summed E-state index contributed by atoms with van der Waals surface area (Å²) in [5.74, 6) is 1.17. The summed E-state index contributed by atoms with van der Waals surface area (Å²) >= 11 is 0. The highest BCUT2D eigenvalue weighted by atomic mass is 32.2. The molecule has 5 heteroatoms. The van der Waals surface area contributed by atoms with Crippen LogP contribution in [0.3, 0.4) is 0 Å². The van der Waals surface area contributed by atoms with Crippen molar-refractivity contribution in [3.63, 3.8) is 0 Å². The van der Waals surface area contributed by atoms with Crippen molar-refractivity contribution in [1.82, 2.24) is 9.62 Å². The zero-order valence-corrected chi connectivity index (χ0v) is 13.4. The lowest BCUT2D eigenvalue weighted by Gasteiger charge is -2.22. The Morgan fingerprint density at radius 1 is 1.05 bits per heavy atom. The number of benzene rings is 1. The molecule has 2 saturated carbocycles. The van der Waals surface area contributed by atoms with Gasteiger partial charge in [-0.25, -0.2) is 8.42 Å². The third kappa shape index (κ3) is 3.84. The largest absolute Gasteiger partial charge is 0.316 e. The van der Waals surface area contributed by atoms with Crippen LogP contribution in [0.15, 0.2) is 29.2 Å². The van der Waals surface area contributed by atoms with Crippen molar-refractivity contribution < 1.29 is 8.42 Å². The highest BCUT2D eigenvalue weighted by Crippen LogP contribution is 2.35. The molecule has 0 aliphatic heterocycles. The van der Waals surface area contributed by atoms with Crippen LogP contribution in [0.2, 0.25) is 0 Å². The van der Waals surface area contributed by atoms with E-state index in [0.29, 0.717) is 29.8 Å². The number of rotatable bonds is 8. The van der Waals surface area contributed by atoms with Gasteiger partial charge in [0.1, 0.15) is 0 Å². The molecule has 0 amide bonds. The molecule has 0 unspecified atom stereocenters. The minimum Gasteiger partial charge on any atom is -0.316 e. The summed E-state index contributed by atoms with van der Waals surface area (Å²) in [5.41, 5.74) is 1.10. The lowest BCUT2D eigenvalue weighted by molar-refractivity contribution is 0.382. The Morgan fingerprint density at radius 3 is 2.00 bits per heavy atom. The maximum absolute atomic E-state index is 12.8. The van der Waals surface area contributed by atoms with Gasteiger partial charge in [0.05, 0.1) is 4.90 Å². The minimum absolute atomic E-state index is 0.434. The summed E-state index contributed by atoms with van der Waals surface area (Å²) in [6.45, 7) is 2.17. The zero-order valence-electron chi connectivity index (χ0n) is 12.6. The lowest BCUT2D eigenvalue weighted by Crippen LogP contribution is -2.34. The number of sulfonamides is 1. The summed E-state index contributed by atoms with van der Waals surface area (Å²) in [6.07, 6.45) is 4.71. The molecule has 0 radical (unpaired) electrons. The SMILES string of the molecule is CNCc1ccc(S(=O)(=O)N(CC2CC2)CC2CC2)cc1. The molecule has 0 atom stereocenters. The maximum Gasteiger partial charge on any atom is 0.243 e. The van der Waals surface area contributed by atoms with Crippen molar-refractivity contribution in [2.45, 2.75) is 37.1 Å². The number of hydrogen-bond donors (Lipinski definition) is 1. The molecule has 4 nitrogen and oxygen atoms in total. The smallest absolute Gasteiger partial charge is 0.243 e. The normalized spacial score (nSPS) is 19.1. The van der Waals surface area contributed by atoms with Gasteiger partial charge in [-0.15, -0.1) is 0 Å². The van der Waals surface area contributed by atoms with Crippen molar-refractivity contribution in [3.8, 4) is 0 Å². The van der Waals surface area contributed by atoms with Crippen LogP contribution in [0, 0.1) is 11.8 Å². The van der Waals surface area contributed by atoms with Gasteiger partial charge in [0.25, 0.3) is 0 Å². The summed E-state index contributed by atoms with van der Waals surface area (Å²) in [5, 5.41) is 3.07. The Hall–Kier alpha value is -0.910. The fourth-order valence-corrected chi connectivity index (χ4v) is 4.17. The van der Waals surface area contributed by atoms with E-state index in [-0.39, 0.29) is 0 Å². The van der Waals surface area contributed by atoms with Gasteiger partial charge in [-0.2, -0.15) is 4.31 Å². The van der Waals surface area contributed by atoms with Crippen molar-refractivity contribution >= 4 is 10.0 Å². The number of nitrogens with one attached hydrogen (secondary N) is 1. The molecule has 1 aromatic carbocycles. The Morgan fingerprint density at radius 2 is 1.57 bits per heavy atom. The molecule has 0 aromatic heterocycles. The predicted molar refractivity (Wildman–Crippen MR) is 83.4 cm³/mol. The third-order valence-electron chi connectivity index (χ3n) is 4.26. The predicted octanol–water partition coefficient (Wildman–Crippen LogP) is 2.22. The molecule has 0 bridgehead atoms. The van der Waals surface area contributed by atoms with Crippen molar-refractivity contribution in [3.05, 3.63) is 29.8 Å². The van der Waals surface area contributed by atoms with Crippen LogP contribution in [0.5, 0.6) is 0 Å². The summed E-state index contributed by atoms with van der Waals surface area (Å²) in [6, 6.07) is 7.29. The van der Waals surface area contributed by atoms with Crippen LogP contribution in [0.1, 0.15) is 31.2 Å². The van der Waals surface area contributed by atoms with Crippen LogP contribution in [-0.2, 0) is 16.6 Å². The Kier molecular flexibility index (Phi) is 4.33. The molecule has 0 saturated heterocycles. The highest BCUT2D eigenvalue weighted by Gasteiger charge is 2.35. The number of nitrogens with zero attached hydrogens (tertiary/aromatic N) is 1. The van der Waals surface area contributed by atoms with Gasteiger partial charge in [-0.3, -0.25) is 0 Å². The molecule has 21 heavy (non-hydrogen) atoms. The van der Waals surface area contributed by atoms with Crippen LogP contribution < -0.4 is 5.32 Å². The van der Waals surface area contributed by atoms with Crippen LogP contribution in [-0.4, -0.2) is 32.9 Å². The summed E-state index contributed by atoms with van der Waals surface area (Å²) < 4.78 is 27.4. The zero-order chi connectivity index (χ0) is 14.9. The van der Waals surface area contributed by atoms with E-state index in [9.17, 15) is 8.42 Å². The molecule has 1 aromatic rings. The molecule has 2 fully saturated rings. The molecular weight excluding hydrogens is 284 g/mol. The summed E-state index contributed by atoms with van der Waals surface area (Å²) in [4.78, 5) is 0.434. The molecule has 3 rings (SSSR count). The van der Waals surface area contributed by atoms with Gasteiger partial charge >= 0.3 is 0 Å². The number of hydrogen-bond acceptors (Lipinski definition) is 3. The topological polar surface area (TPSA) is 49.4 Å². The van der Waals surface area contributed by atoms with E-state index < -0.39 is 10.0 Å². The average Bonchev–Trinajstić information content (AvgIpc) is 3.34. The van der Waals surface area contributed by atoms with Crippen molar-refractivity contribution in [2.24, 2.45) is 11.8 Å². The average molecular weight is 308 g/mol. The Balaban J connectivity index is 1.77. The molecule has 2 aliphatic carbocycles. The second kappa shape index (κ2) is 6.07. The van der Waals surface area contributed by atoms with Crippen LogP contribution in [0.25, 0.3) is 0 Å². The van der Waals surface area contributed by atoms with Crippen LogP contribution in [0.4, 0.5) is 0 Å². The first kappa shape index (κ1) is 15.0. The maximum atomic E-state index is 12.8. The molecule has 1 N–H and O–H groups in total. The van der Waals surface area contributed by atoms with Gasteiger partial charge in [-0.1, -0.05) is 12.1 Å². The quantitative estimate of drug-likeness (QED) is 0.801. The first-order valence-corrected chi connectivity index (χ1v) is 9.27. The third-order valence-corrected chi connectivity index (χ3v) is 6.11. The van der Waals surface area contributed by atoms with E-state index >= 15 is 0 Å². The fraction of sp³-hybridized carbons (Fsp3) is 0.625. The first-order valence-electron chi connectivity index (χ1n) is 7.83. The molecule has 116 valence electrons. The Bertz CT molecular complexity index is 561. The molecular formula is C16H24N2O2S. The minimum atomic E-state index is -3.33. The van der Waals surface area contributed by atoms with Gasteiger partial charge in [0.2, 0.25) is 10.0 Å². The lowest BCUT2D eigenvalue weighted by atomic mass is 10.2. The second-order valence-corrected chi connectivity index (χ2v) is 8.32. The standard InChI is InChI=1S/C16H24N2O2S/c1-17-10-13-6-8-16(9-7-13)21(19,20)18(11-14-2-3-14)12-15-4-5-15/h6-9,14-15,17H,2-5,10-12H2,1H3. The highest BCUT2D eigenvalue weighted by molar-refractivity contribution is 7.89. The Labute approximate surface area is 127 Å². The van der Waals surface area contributed by atoms with E-state index in [1.165, 1.54) is 25.7 Å². The molecule has 2 aliphatic rings. The van der Waals surface area contributed by atoms with Gasteiger partial charge < -0.3 is 5.32 Å².